The van der Waals surface area contributed by atoms with E-state index < -0.39 is 12.1 Å². The Kier molecular flexibility index (Phi) is 58.5. The van der Waals surface area contributed by atoms with Crippen molar-refractivity contribution in [1.29, 1.82) is 0 Å². The van der Waals surface area contributed by atoms with E-state index in [-0.39, 0.29) is 18.5 Å². The van der Waals surface area contributed by atoms with E-state index in [1.807, 2.05) is 6.08 Å². The van der Waals surface area contributed by atoms with Gasteiger partial charge in [-0.1, -0.05) is 301 Å². The van der Waals surface area contributed by atoms with Crippen molar-refractivity contribution in [2.75, 3.05) is 13.2 Å². The van der Waals surface area contributed by atoms with Crippen LogP contribution in [0.1, 0.15) is 348 Å². The van der Waals surface area contributed by atoms with Gasteiger partial charge in [0.2, 0.25) is 5.91 Å². The van der Waals surface area contributed by atoms with Crippen molar-refractivity contribution in [1.82, 2.24) is 5.32 Å². The van der Waals surface area contributed by atoms with Gasteiger partial charge in [0, 0.05) is 12.8 Å². The molecule has 0 aliphatic carbocycles. The van der Waals surface area contributed by atoms with Crippen LogP contribution in [-0.4, -0.2) is 47.4 Å². The first-order valence-corrected chi connectivity index (χ1v) is 31.6. The number of aliphatic hydroxyl groups excluding tert-OH is 2. The number of hydrogen-bond donors (Lipinski definition) is 3. The number of amides is 1. The fraction of sp³-hybridized carbons (Fsp3) is 0.906. The highest BCUT2D eigenvalue weighted by Gasteiger charge is 2.18. The fourth-order valence-electron chi connectivity index (χ4n) is 9.87. The van der Waals surface area contributed by atoms with E-state index >= 15 is 0 Å². The predicted molar refractivity (Wildman–Crippen MR) is 306 cm³/mol. The minimum atomic E-state index is -0.846. The molecular formula is C64H123NO5. The summed E-state index contributed by atoms with van der Waals surface area (Å²) in [4.78, 5) is 24.6. The van der Waals surface area contributed by atoms with E-state index in [0.29, 0.717) is 19.4 Å². The third-order valence-electron chi connectivity index (χ3n) is 14.7. The van der Waals surface area contributed by atoms with E-state index in [2.05, 4.69) is 31.3 Å². The molecule has 0 spiro atoms. The second kappa shape index (κ2) is 59.9. The van der Waals surface area contributed by atoms with E-state index in [1.54, 1.807) is 6.08 Å². The van der Waals surface area contributed by atoms with Gasteiger partial charge in [-0.15, -0.1) is 0 Å². The Morgan fingerprint density at radius 2 is 0.671 bits per heavy atom. The Balaban J connectivity index is 3.40. The molecule has 2 atom stereocenters. The molecule has 0 aliphatic rings. The minimum absolute atomic E-state index is 0.00835. The van der Waals surface area contributed by atoms with E-state index in [1.165, 1.54) is 276 Å². The van der Waals surface area contributed by atoms with Crippen molar-refractivity contribution >= 4 is 11.9 Å². The highest BCUT2D eigenvalue weighted by molar-refractivity contribution is 5.76. The van der Waals surface area contributed by atoms with Crippen LogP contribution >= 0.6 is 0 Å². The van der Waals surface area contributed by atoms with Gasteiger partial charge in [0.1, 0.15) is 0 Å². The molecular weight excluding hydrogens is 863 g/mol. The van der Waals surface area contributed by atoms with E-state index in [9.17, 15) is 19.8 Å². The van der Waals surface area contributed by atoms with Crippen molar-refractivity contribution in [2.45, 2.75) is 360 Å². The van der Waals surface area contributed by atoms with Crippen LogP contribution in [0.4, 0.5) is 0 Å². The molecule has 70 heavy (non-hydrogen) atoms. The molecule has 0 fully saturated rings. The summed E-state index contributed by atoms with van der Waals surface area (Å²) in [6.45, 7) is 4.91. The average molecular weight is 987 g/mol. The number of aliphatic hydroxyl groups is 2. The number of nitrogens with one attached hydrogen (secondary N) is 1. The van der Waals surface area contributed by atoms with Crippen LogP contribution < -0.4 is 5.32 Å². The highest BCUT2D eigenvalue weighted by atomic mass is 16.5. The molecule has 0 heterocycles. The topological polar surface area (TPSA) is 95.9 Å². The lowest BCUT2D eigenvalue weighted by molar-refractivity contribution is -0.143. The molecule has 414 valence electrons. The van der Waals surface area contributed by atoms with Crippen molar-refractivity contribution < 1.29 is 24.5 Å². The Labute approximate surface area is 437 Å². The molecule has 0 aromatic heterocycles. The van der Waals surface area contributed by atoms with Crippen LogP contribution in [0.15, 0.2) is 24.3 Å². The molecule has 3 N–H and O–H groups in total. The number of unbranched alkanes of at least 4 members (excludes halogenated alkanes) is 46. The second-order valence-corrected chi connectivity index (χ2v) is 21.7. The van der Waals surface area contributed by atoms with Crippen LogP contribution in [0.5, 0.6) is 0 Å². The molecule has 6 heteroatoms. The molecule has 0 aliphatic heterocycles. The molecule has 0 saturated heterocycles. The average Bonchev–Trinajstić information content (AvgIpc) is 3.36. The summed E-state index contributed by atoms with van der Waals surface area (Å²) >= 11 is 0. The van der Waals surface area contributed by atoms with Crippen LogP contribution in [0.3, 0.4) is 0 Å². The Hall–Kier alpha value is -1.66. The van der Waals surface area contributed by atoms with Gasteiger partial charge < -0.3 is 20.3 Å². The lowest BCUT2D eigenvalue weighted by Crippen LogP contribution is -2.45. The van der Waals surface area contributed by atoms with Gasteiger partial charge in [0.05, 0.1) is 25.4 Å². The summed E-state index contributed by atoms with van der Waals surface area (Å²) in [5, 5.41) is 23.1. The molecule has 0 saturated carbocycles. The quantitative estimate of drug-likeness (QED) is 0.0321. The smallest absolute Gasteiger partial charge is 0.305 e. The van der Waals surface area contributed by atoms with Gasteiger partial charge in [-0.05, 0) is 57.8 Å². The molecule has 1 amide bonds. The number of ether oxygens (including phenoxy) is 1. The van der Waals surface area contributed by atoms with Gasteiger partial charge in [0.15, 0.2) is 0 Å². The van der Waals surface area contributed by atoms with Gasteiger partial charge in [-0.25, -0.2) is 0 Å². The summed E-state index contributed by atoms with van der Waals surface area (Å²) in [7, 11) is 0. The maximum Gasteiger partial charge on any atom is 0.305 e. The lowest BCUT2D eigenvalue weighted by Gasteiger charge is -2.20. The fourth-order valence-corrected chi connectivity index (χ4v) is 9.87. The number of rotatable bonds is 59. The monoisotopic (exact) mass is 986 g/mol. The van der Waals surface area contributed by atoms with Gasteiger partial charge in [-0.3, -0.25) is 9.59 Å². The largest absolute Gasteiger partial charge is 0.466 e. The second-order valence-electron chi connectivity index (χ2n) is 21.7. The molecule has 2 unspecified atom stereocenters. The molecule has 6 nitrogen and oxygen atoms in total. The molecule has 0 aromatic rings. The maximum atomic E-state index is 12.5. The number of esters is 1. The van der Waals surface area contributed by atoms with Crippen molar-refractivity contribution in [3.05, 3.63) is 24.3 Å². The summed E-state index contributed by atoms with van der Waals surface area (Å²) in [6.07, 6.45) is 73.6. The van der Waals surface area contributed by atoms with E-state index in [4.69, 9.17) is 4.74 Å². The summed E-state index contributed by atoms with van der Waals surface area (Å²) in [5.41, 5.74) is 0. The molecule has 0 radical (unpaired) electrons. The summed E-state index contributed by atoms with van der Waals surface area (Å²) in [5.74, 6) is -0.0607. The first-order valence-electron chi connectivity index (χ1n) is 31.6. The SMILES string of the molecule is CCCCCCCC/C=C\CCCCCCCCCCCC(=O)OCCCCCCCCCCCCCCCCCCCCCC(=O)NC(CO)C(O)/C=C/CCCCCCCCCCCCCCC. The molecule has 0 rings (SSSR count). The van der Waals surface area contributed by atoms with Crippen molar-refractivity contribution in [2.24, 2.45) is 0 Å². The first kappa shape index (κ1) is 68.3. The Morgan fingerprint density at radius 3 is 1.01 bits per heavy atom. The Morgan fingerprint density at radius 1 is 0.386 bits per heavy atom. The van der Waals surface area contributed by atoms with Gasteiger partial charge in [0.25, 0.3) is 0 Å². The third kappa shape index (κ3) is 55.7. The highest BCUT2D eigenvalue weighted by Crippen LogP contribution is 2.18. The van der Waals surface area contributed by atoms with Gasteiger partial charge in [-0.2, -0.15) is 0 Å². The van der Waals surface area contributed by atoms with Gasteiger partial charge >= 0.3 is 5.97 Å². The van der Waals surface area contributed by atoms with Crippen LogP contribution in [0.2, 0.25) is 0 Å². The maximum absolute atomic E-state index is 12.5. The lowest BCUT2D eigenvalue weighted by atomic mass is 10.0. The van der Waals surface area contributed by atoms with Crippen LogP contribution in [-0.2, 0) is 14.3 Å². The van der Waals surface area contributed by atoms with Crippen LogP contribution in [0.25, 0.3) is 0 Å². The number of allylic oxidation sites excluding steroid dienone is 3. The first-order chi connectivity index (χ1) is 34.5. The minimum Gasteiger partial charge on any atom is -0.466 e. The molecule has 0 bridgehead atoms. The summed E-state index contributed by atoms with van der Waals surface area (Å²) in [6, 6.07) is -0.630. The number of carbonyl (C=O) groups excluding carboxylic acids is 2. The van der Waals surface area contributed by atoms with Crippen LogP contribution in [0, 0.1) is 0 Å². The number of carbonyl (C=O) groups is 2. The zero-order valence-corrected chi connectivity index (χ0v) is 47.3. The zero-order chi connectivity index (χ0) is 50.7. The van der Waals surface area contributed by atoms with E-state index in [0.717, 1.165) is 44.9 Å². The van der Waals surface area contributed by atoms with Crippen molar-refractivity contribution in [3.8, 4) is 0 Å². The predicted octanol–water partition coefficient (Wildman–Crippen LogP) is 19.8. The molecule has 0 aromatic carbocycles. The Bertz CT molecular complexity index is 1090. The zero-order valence-electron chi connectivity index (χ0n) is 47.3. The normalized spacial score (nSPS) is 12.7. The number of hydrogen-bond acceptors (Lipinski definition) is 5. The summed E-state index contributed by atoms with van der Waals surface area (Å²) < 4.78 is 5.50. The standard InChI is InChI=1S/C64H123NO5/c1-3-5-7-9-11-13-15-17-19-20-22-26-30-34-38-42-46-50-54-58-64(69)70-59-55-51-47-43-39-35-31-27-24-21-23-25-29-33-37-41-45-49-53-57-63(68)65-61(60-66)62(67)56-52-48-44-40-36-32-28-18-16-14-12-10-8-6-4-2/h17,19,52,56,61-62,66-67H,3-16,18,20-51,53-55,57-60H2,1-2H3,(H,65,68)/b19-17-,56-52+. The third-order valence-corrected chi connectivity index (χ3v) is 14.7. The van der Waals surface area contributed by atoms with Crippen molar-refractivity contribution in [3.63, 3.8) is 0 Å².